The lowest BCUT2D eigenvalue weighted by atomic mass is 9.73. The van der Waals surface area contributed by atoms with Crippen LogP contribution in [-0.2, 0) is 20.9 Å². The molecule has 5 heteroatoms. The van der Waals surface area contributed by atoms with Gasteiger partial charge in [-0.2, -0.15) is 0 Å². The molecule has 5 rings (SSSR count). The van der Waals surface area contributed by atoms with Crippen LogP contribution in [0.2, 0.25) is 0 Å². The third-order valence-electron chi connectivity index (χ3n) is 6.60. The summed E-state index contributed by atoms with van der Waals surface area (Å²) in [6.07, 6.45) is 9.33. The first-order valence-corrected chi connectivity index (χ1v) is 9.94. The van der Waals surface area contributed by atoms with Crippen LogP contribution in [-0.4, -0.2) is 35.7 Å². The van der Waals surface area contributed by atoms with Crippen LogP contribution in [0.1, 0.15) is 44.6 Å². The fourth-order valence-electron chi connectivity index (χ4n) is 5.47. The number of hydrogen-bond donors (Lipinski definition) is 0. The van der Waals surface area contributed by atoms with Gasteiger partial charge >= 0.3 is 5.97 Å². The third kappa shape index (κ3) is 2.33. The topological polar surface area (TPSA) is 51.7 Å². The van der Waals surface area contributed by atoms with Gasteiger partial charge < -0.3 is 14.4 Å². The van der Waals surface area contributed by atoms with Crippen LogP contribution < -0.4 is 4.90 Å². The summed E-state index contributed by atoms with van der Waals surface area (Å²) in [4.78, 5) is 19.4. The van der Waals surface area contributed by atoms with E-state index in [0.29, 0.717) is 18.4 Å². The summed E-state index contributed by atoms with van der Waals surface area (Å²) in [6, 6.07) is 4.08. The van der Waals surface area contributed by atoms with Gasteiger partial charge in [-0.15, -0.1) is 0 Å². The Morgan fingerprint density at radius 3 is 3.04 bits per heavy atom. The second-order valence-electron chi connectivity index (χ2n) is 8.22. The fraction of sp³-hybridized carbons (Fsp3) is 0.619. The van der Waals surface area contributed by atoms with Gasteiger partial charge in [0.15, 0.2) is 0 Å². The van der Waals surface area contributed by atoms with Gasteiger partial charge in [-0.25, -0.2) is 9.78 Å². The molecule has 2 aliphatic heterocycles. The first-order chi connectivity index (χ1) is 12.7. The van der Waals surface area contributed by atoms with Gasteiger partial charge in [-0.3, -0.25) is 0 Å². The van der Waals surface area contributed by atoms with Crippen molar-refractivity contribution < 1.29 is 14.3 Å². The van der Waals surface area contributed by atoms with Crippen molar-refractivity contribution in [3.63, 3.8) is 0 Å². The maximum absolute atomic E-state index is 12.4. The zero-order valence-electron chi connectivity index (χ0n) is 15.3. The lowest BCUT2D eigenvalue weighted by Crippen LogP contribution is -2.46. The van der Waals surface area contributed by atoms with Gasteiger partial charge in [0.1, 0.15) is 17.5 Å². The Kier molecular flexibility index (Phi) is 3.82. The van der Waals surface area contributed by atoms with Gasteiger partial charge in [-0.05, 0) is 50.0 Å². The summed E-state index contributed by atoms with van der Waals surface area (Å²) >= 11 is 0. The molecule has 3 heterocycles. The van der Waals surface area contributed by atoms with E-state index in [-0.39, 0.29) is 12.1 Å². The number of nitrogens with zero attached hydrogens (tertiary/aromatic N) is 2. The number of carbonyl (C=O) groups is 1. The van der Waals surface area contributed by atoms with E-state index < -0.39 is 5.60 Å². The van der Waals surface area contributed by atoms with E-state index in [1.54, 1.807) is 0 Å². The van der Waals surface area contributed by atoms with Crippen LogP contribution in [0.3, 0.4) is 0 Å². The Morgan fingerprint density at radius 1 is 1.35 bits per heavy atom. The van der Waals surface area contributed by atoms with Crippen LogP contribution in [0.25, 0.3) is 0 Å². The highest BCUT2D eigenvalue weighted by atomic mass is 16.6. The number of rotatable bonds is 4. The van der Waals surface area contributed by atoms with Crippen molar-refractivity contribution in [2.24, 2.45) is 11.8 Å². The highest BCUT2D eigenvalue weighted by Gasteiger charge is 2.63. The molecule has 1 aromatic rings. The van der Waals surface area contributed by atoms with E-state index in [9.17, 15) is 4.79 Å². The Balaban J connectivity index is 1.45. The van der Waals surface area contributed by atoms with Gasteiger partial charge in [0, 0.05) is 24.8 Å². The van der Waals surface area contributed by atoms with Crippen molar-refractivity contribution in [2.45, 2.75) is 57.3 Å². The second kappa shape index (κ2) is 6.08. The Morgan fingerprint density at radius 2 is 2.19 bits per heavy atom. The molecule has 4 atom stereocenters. The van der Waals surface area contributed by atoms with Crippen molar-refractivity contribution in [2.75, 3.05) is 18.0 Å². The maximum atomic E-state index is 12.4. The normalized spacial score (nSPS) is 35.4. The number of hydrogen-bond acceptors (Lipinski definition) is 5. The molecule has 3 fully saturated rings. The minimum absolute atomic E-state index is 0.120. The standard InChI is InChI=1S/C21H26N2O3/c1-14-11-16-6-7-18-21(16,17(12-14)20(24)26-18)25-13-15-5-4-8-22-19(15)23-9-2-3-10-23/h4-5,8,12,14,16,18H,2-3,6-7,9-11,13H2,1H3/t14-,16?,18+,21-/m0/s1. The largest absolute Gasteiger partial charge is 0.455 e. The molecule has 1 aromatic heterocycles. The first-order valence-electron chi connectivity index (χ1n) is 9.94. The predicted octanol–water partition coefficient (Wildman–Crippen LogP) is 3.24. The first kappa shape index (κ1) is 16.3. The lowest BCUT2D eigenvalue weighted by molar-refractivity contribution is -0.142. The van der Waals surface area contributed by atoms with E-state index in [1.807, 2.05) is 12.3 Å². The summed E-state index contributed by atoms with van der Waals surface area (Å²) in [5, 5.41) is 0. The summed E-state index contributed by atoms with van der Waals surface area (Å²) in [5.74, 6) is 1.65. The fourth-order valence-corrected chi connectivity index (χ4v) is 5.47. The molecule has 0 aromatic carbocycles. The van der Waals surface area contributed by atoms with Crippen molar-refractivity contribution >= 4 is 11.8 Å². The van der Waals surface area contributed by atoms with Gasteiger partial charge in [-0.1, -0.05) is 19.1 Å². The monoisotopic (exact) mass is 354 g/mol. The van der Waals surface area contributed by atoms with Crippen LogP contribution in [0.5, 0.6) is 0 Å². The van der Waals surface area contributed by atoms with Crippen LogP contribution in [0.15, 0.2) is 30.0 Å². The molecule has 138 valence electrons. The number of carbonyl (C=O) groups excluding carboxylic acids is 1. The van der Waals surface area contributed by atoms with E-state index in [2.05, 4.69) is 29.0 Å². The molecule has 0 spiro atoms. The number of pyridine rings is 1. The minimum Gasteiger partial charge on any atom is -0.455 e. The van der Waals surface area contributed by atoms with E-state index in [0.717, 1.165) is 49.3 Å². The smallest absolute Gasteiger partial charge is 0.337 e. The zero-order valence-corrected chi connectivity index (χ0v) is 15.3. The minimum atomic E-state index is -0.540. The highest BCUT2D eigenvalue weighted by molar-refractivity contribution is 5.94. The van der Waals surface area contributed by atoms with Gasteiger partial charge in [0.05, 0.1) is 12.2 Å². The van der Waals surface area contributed by atoms with E-state index >= 15 is 0 Å². The van der Waals surface area contributed by atoms with Crippen molar-refractivity contribution in [1.82, 2.24) is 4.98 Å². The number of ether oxygens (including phenoxy) is 2. The molecule has 0 amide bonds. The quantitative estimate of drug-likeness (QED) is 0.777. The number of aromatic nitrogens is 1. The molecular formula is C21H26N2O3. The van der Waals surface area contributed by atoms with Crippen molar-refractivity contribution in [3.05, 3.63) is 35.5 Å². The predicted molar refractivity (Wildman–Crippen MR) is 97.7 cm³/mol. The molecule has 4 aliphatic rings. The zero-order chi connectivity index (χ0) is 17.7. The molecule has 0 radical (unpaired) electrons. The maximum Gasteiger partial charge on any atom is 0.337 e. The van der Waals surface area contributed by atoms with Crippen molar-refractivity contribution in [1.29, 1.82) is 0 Å². The van der Waals surface area contributed by atoms with Crippen molar-refractivity contribution in [3.8, 4) is 0 Å². The van der Waals surface area contributed by atoms with Gasteiger partial charge in [0.25, 0.3) is 0 Å². The van der Waals surface area contributed by atoms with Crippen LogP contribution in [0, 0.1) is 11.8 Å². The van der Waals surface area contributed by atoms with Crippen LogP contribution in [0.4, 0.5) is 5.82 Å². The highest BCUT2D eigenvalue weighted by Crippen LogP contribution is 2.55. The summed E-state index contributed by atoms with van der Waals surface area (Å²) in [7, 11) is 0. The number of esters is 1. The molecule has 2 aliphatic carbocycles. The Bertz CT molecular complexity index is 755. The molecular weight excluding hydrogens is 328 g/mol. The second-order valence-corrected chi connectivity index (χ2v) is 8.22. The van der Waals surface area contributed by atoms with Gasteiger partial charge in [0.2, 0.25) is 0 Å². The van der Waals surface area contributed by atoms with E-state index in [1.165, 1.54) is 12.8 Å². The lowest BCUT2D eigenvalue weighted by Gasteiger charge is -2.38. The Labute approximate surface area is 154 Å². The molecule has 5 nitrogen and oxygen atoms in total. The summed E-state index contributed by atoms with van der Waals surface area (Å²) < 4.78 is 12.3. The average molecular weight is 354 g/mol. The van der Waals surface area contributed by atoms with Crippen LogP contribution >= 0.6 is 0 Å². The SMILES string of the molecule is C[C@@H]1C=C2C(=O)O[C@@H]3CCC(C1)[C@]23OCc1cccnc1N1CCCC1. The number of allylic oxidation sites excluding steroid dienone is 1. The van der Waals surface area contributed by atoms with E-state index in [4.69, 9.17) is 9.47 Å². The molecule has 1 unspecified atom stereocenters. The summed E-state index contributed by atoms with van der Waals surface area (Å²) in [5.41, 5.74) is 1.35. The molecule has 0 N–H and O–H groups in total. The molecule has 2 saturated heterocycles. The summed E-state index contributed by atoms with van der Waals surface area (Å²) in [6.45, 7) is 4.78. The molecule has 0 bridgehead atoms. The Hall–Kier alpha value is -1.88. The molecule has 1 saturated carbocycles. The third-order valence-corrected chi connectivity index (χ3v) is 6.60. The number of anilines is 1. The average Bonchev–Trinajstić information content (AvgIpc) is 3.34. The molecule has 26 heavy (non-hydrogen) atoms.